The summed E-state index contributed by atoms with van der Waals surface area (Å²) >= 11 is 0. The van der Waals surface area contributed by atoms with Crippen LogP contribution < -0.4 is 9.64 Å². The number of aliphatic hydroxyl groups excluding tert-OH is 1. The number of benzene rings is 1. The Morgan fingerprint density at radius 2 is 2.05 bits per heavy atom. The maximum Gasteiger partial charge on any atom is 0.267 e. The molecule has 5 nitrogen and oxygen atoms in total. The first-order chi connectivity index (χ1) is 10.6. The zero-order valence-electron chi connectivity index (χ0n) is 13.3. The molecule has 1 N–H and O–H groups in total. The number of piperidine rings is 1. The van der Waals surface area contributed by atoms with Crippen LogP contribution in [0.1, 0.15) is 37.9 Å². The van der Waals surface area contributed by atoms with E-state index in [0.29, 0.717) is 12.3 Å². The van der Waals surface area contributed by atoms with Gasteiger partial charge in [-0.15, -0.1) is 0 Å². The normalized spacial score (nSPS) is 23.9. The number of fused-ring (bicyclic) bond motifs is 1. The van der Waals surface area contributed by atoms with E-state index >= 15 is 0 Å². The molecule has 120 valence electrons. The summed E-state index contributed by atoms with van der Waals surface area (Å²) in [5.41, 5.74) is 1.57. The van der Waals surface area contributed by atoms with Crippen LogP contribution >= 0.6 is 0 Å². The second-order valence-corrected chi connectivity index (χ2v) is 6.26. The fraction of sp³-hybridized carbons (Fsp3) is 0.588. The number of rotatable bonds is 3. The molecule has 3 rings (SSSR count). The molecule has 2 atom stereocenters. The first kappa shape index (κ1) is 15.3. The van der Waals surface area contributed by atoms with Crippen molar-refractivity contribution in [3.05, 3.63) is 23.8 Å². The van der Waals surface area contributed by atoms with Gasteiger partial charge in [-0.3, -0.25) is 4.79 Å². The minimum atomic E-state index is -0.536. The van der Waals surface area contributed by atoms with Crippen LogP contribution in [0.3, 0.4) is 0 Å². The molecule has 1 saturated heterocycles. The Balaban J connectivity index is 1.76. The molecule has 0 saturated carbocycles. The minimum Gasteiger partial charge on any atom is -0.479 e. The number of likely N-dealkylation sites (N-methyl/N-ethyl adjacent to an activating group) is 1. The van der Waals surface area contributed by atoms with E-state index in [-0.39, 0.29) is 5.91 Å². The highest BCUT2D eigenvalue weighted by Gasteiger charge is 2.29. The molecule has 1 aromatic carbocycles. The Labute approximate surface area is 131 Å². The lowest BCUT2D eigenvalue weighted by atomic mass is 10.0. The number of hydrogen-bond acceptors (Lipinski definition) is 4. The summed E-state index contributed by atoms with van der Waals surface area (Å²) in [6.45, 7) is 4.51. The summed E-state index contributed by atoms with van der Waals surface area (Å²) in [5, 5.41) is 10.5. The van der Waals surface area contributed by atoms with Gasteiger partial charge in [0, 0.05) is 13.6 Å². The first-order valence-electron chi connectivity index (χ1n) is 8.05. The Morgan fingerprint density at radius 1 is 1.32 bits per heavy atom. The third-order valence-corrected chi connectivity index (χ3v) is 4.59. The third kappa shape index (κ3) is 2.96. The molecule has 2 heterocycles. The second kappa shape index (κ2) is 6.26. The molecule has 2 aliphatic rings. The quantitative estimate of drug-likeness (QED) is 0.927. The molecule has 1 amide bonds. The molecule has 0 aliphatic carbocycles. The maximum absolute atomic E-state index is 12.0. The lowest BCUT2D eigenvalue weighted by Gasteiger charge is -2.32. The monoisotopic (exact) mass is 304 g/mol. The summed E-state index contributed by atoms with van der Waals surface area (Å²) in [6.07, 6.45) is 2.71. The number of ether oxygens (including phenoxy) is 1. The van der Waals surface area contributed by atoms with E-state index in [9.17, 15) is 9.90 Å². The molecule has 5 heteroatoms. The van der Waals surface area contributed by atoms with Gasteiger partial charge in [0.1, 0.15) is 5.75 Å². The van der Waals surface area contributed by atoms with Crippen LogP contribution in [0.25, 0.3) is 0 Å². The summed E-state index contributed by atoms with van der Waals surface area (Å²) in [5.74, 6) is 0.638. The lowest BCUT2D eigenvalue weighted by molar-refractivity contribution is -0.125. The Hall–Kier alpha value is -1.59. The van der Waals surface area contributed by atoms with Gasteiger partial charge in [0.15, 0.2) is 6.10 Å². The molecule has 1 fully saturated rings. The molecule has 22 heavy (non-hydrogen) atoms. The van der Waals surface area contributed by atoms with Crippen molar-refractivity contribution in [1.29, 1.82) is 0 Å². The van der Waals surface area contributed by atoms with E-state index in [4.69, 9.17) is 4.74 Å². The molecule has 0 radical (unpaired) electrons. The largest absolute Gasteiger partial charge is 0.479 e. The first-order valence-corrected chi connectivity index (χ1v) is 8.05. The number of aliphatic hydroxyl groups is 1. The van der Waals surface area contributed by atoms with Crippen LogP contribution in [-0.2, 0) is 4.79 Å². The Morgan fingerprint density at radius 3 is 2.77 bits per heavy atom. The average molecular weight is 304 g/mol. The smallest absolute Gasteiger partial charge is 0.267 e. The average Bonchev–Trinajstić information content (AvgIpc) is 2.53. The standard InChI is InChI=1S/C17H24N2O3/c1-12-17(21)18(2)14-10-13(6-7-16(14)22-12)15(20)11-19-8-4-3-5-9-19/h6-7,10,12,15,20H,3-5,8-9,11H2,1-2H3. The summed E-state index contributed by atoms with van der Waals surface area (Å²) in [6, 6.07) is 5.61. The zero-order valence-corrected chi connectivity index (χ0v) is 13.3. The SMILES string of the molecule is CC1Oc2ccc(C(O)CN3CCCCC3)cc2N(C)C1=O. The fourth-order valence-electron chi connectivity index (χ4n) is 3.23. The second-order valence-electron chi connectivity index (χ2n) is 6.26. The van der Waals surface area contributed by atoms with Gasteiger partial charge in [0.05, 0.1) is 11.8 Å². The van der Waals surface area contributed by atoms with Gasteiger partial charge in [0.25, 0.3) is 5.91 Å². The summed E-state index contributed by atoms with van der Waals surface area (Å²) < 4.78 is 5.62. The van der Waals surface area contributed by atoms with Crippen molar-refractivity contribution < 1.29 is 14.6 Å². The van der Waals surface area contributed by atoms with Crippen LogP contribution in [0.5, 0.6) is 5.75 Å². The topological polar surface area (TPSA) is 53.0 Å². The van der Waals surface area contributed by atoms with E-state index in [0.717, 1.165) is 24.3 Å². The molecule has 0 spiro atoms. The number of carbonyl (C=O) groups excluding carboxylic acids is 1. The molecule has 2 unspecified atom stereocenters. The van der Waals surface area contributed by atoms with Gasteiger partial charge in [-0.2, -0.15) is 0 Å². The number of nitrogens with zero attached hydrogens (tertiary/aromatic N) is 2. The molecule has 0 aromatic heterocycles. The predicted octanol–water partition coefficient (Wildman–Crippen LogP) is 1.95. The Kier molecular flexibility index (Phi) is 4.36. The van der Waals surface area contributed by atoms with Crippen molar-refractivity contribution in [3.8, 4) is 5.75 Å². The van der Waals surface area contributed by atoms with E-state index < -0.39 is 12.2 Å². The van der Waals surface area contributed by atoms with Gasteiger partial charge < -0.3 is 19.6 Å². The number of anilines is 1. The van der Waals surface area contributed by atoms with Crippen LogP contribution in [0.2, 0.25) is 0 Å². The van der Waals surface area contributed by atoms with Gasteiger partial charge in [-0.05, 0) is 50.6 Å². The van der Waals surface area contributed by atoms with E-state index in [1.165, 1.54) is 19.3 Å². The molecular formula is C17H24N2O3. The van der Waals surface area contributed by atoms with Gasteiger partial charge in [-0.25, -0.2) is 0 Å². The van der Waals surface area contributed by atoms with Gasteiger partial charge in [0.2, 0.25) is 0 Å². The zero-order chi connectivity index (χ0) is 15.7. The van der Waals surface area contributed by atoms with Crippen LogP contribution in [0, 0.1) is 0 Å². The highest BCUT2D eigenvalue weighted by molar-refractivity contribution is 5.99. The van der Waals surface area contributed by atoms with Crippen LogP contribution in [-0.4, -0.2) is 48.7 Å². The molecule has 2 aliphatic heterocycles. The summed E-state index contributed by atoms with van der Waals surface area (Å²) in [4.78, 5) is 15.9. The summed E-state index contributed by atoms with van der Waals surface area (Å²) in [7, 11) is 1.75. The number of hydrogen-bond donors (Lipinski definition) is 1. The Bertz CT molecular complexity index is 555. The minimum absolute atomic E-state index is 0.0600. The number of β-amino-alcohol motifs (C(OH)–C–C–N with tert-alkyl or cyclic N) is 1. The molecule has 1 aromatic rings. The molecule has 0 bridgehead atoms. The number of amides is 1. The van der Waals surface area contributed by atoms with Crippen molar-refractivity contribution in [2.45, 2.75) is 38.4 Å². The third-order valence-electron chi connectivity index (χ3n) is 4.59. The lowest BCUT2D eigenvalue weighted by Crippen LogP contribution is -2.42. The van der Waals surface area contributed by atoms with Crippen molar-refractivity contribution in [3.63, 3.8) is 0 Å². The molecular weight excluding hydrogens is 280 g/mol. The maximum atomic E-state index is 12.0. The van der Waals surface area contributed by atoms with E-state index in [1.54, 1.807) is 18.9 Å². The van der Waals surface area contributed by atoms with E-state index in [1.807, 2.05) is 18.2 Å². The van der Waals surface area contributed by atoms with Crippen molar-refractivity contribution in [2.75, 3.05) is 31.6 Å². The van der Waals surface area contributed by atoms with Crippen molar-refractivity contribution in [1.82, 2.24) is 4.90 Å². The van der Waals surface area contributed by atoms with E-state index in [2.05, 4.69) is 4.90 Å². The van der Waals surface area contributed by atoms with Crippen molar-refractivity contribution >= 4 is 11.6 Å². The number of carbonyl (C=O) groups is 1. The fourth-order valence-corrected chi connectivity index (χ4v) is 3.23. The van der Waals surface area contributed by atoms with Crippen LogP contribution in [0.15, 0.2) is 18.2 Å². The van der Waals surface area contributed by atoms with Gasteiger partial charge >= 0.3 is 0 Å². The van der Waals surface area contributed by atoms with Crippen LogP contribution in [0.4, 0.5) is 5.69 Å². The van der Waals surface area contributed by atoms with Gasteiger partial charge in [-0.1, -0.05) is 12.5 Å². The highest BCUT2D eigenvalue weighted by atomic mass is 16.5. The predicted molar refractivity (Wildman–Crippen MR) is 85.2 cm³/mol. The van der Waals surface area contributed by atoms with Crippen molar-refractivity contribution in [2.24, 2.45) is 0 Å². The number of likely N-dealkylation sites (tertiary alicyclic amines) is 1. The highest BCUT2D eigenvalue weighted by Crippen LogP contribution is 2.35.